The summed E-state index contributed by atoms with van der Waals surface area (Å²) in [6.45, 7) is 4.99. The van der Waals surface area contributed by atoms with Gasteiger partial charge in [-0.2, -0.15) is 0 Å². The molecule has 0 radical (unpaired) electrons. The number of ether oxygens (including phenoxy) is 2. The van der Waals surface area contributed by atoms with E-state index in [9.17, 15) is 0 Å². The maximum absolute atomic E-state index is 8.86. The molecule has 0 fully saturated rings. The summed E-state index contributed by atoms with van der Waals surface area (Å²) in [6.07, 6.45) is 0.188. The van der Waals surface area contributed by atoms with E-state index >= 15 is 0 Å². The fraction of sp³-hybridized carbons (Fsp3) is 0.312. The Morgan fingerprint density at radius 1 is 1.14 bits per heavy atom. The van der Waals surface area contributed by atoms with Crippen LogP contribution in [0.15, 0.2) is 41.6 Å². The standard InChI is InChI=1S/C16H20N2O3/c1-11(2)20-9-10-21-15-8-7-14(16(17)18-19)12-5-3-4-6-13(12)15/h3-8,11,19H,9-10H2,1-2H3,(H2,17,18). The van der Waals surface area contributed by atoms with Gasteiger partial charge < -0.3 is 20.4 Å². The molecule has 0 aliphatic heterocycles. The fourth-order valence-electron chi connectivity index (χ4n) is 2.11. The van der Waals surface area contributed by atoms with Crippen molar-refractivity contribution < 1.29 is 14.7 Å². The van der Waals surface area contributed by atoms with Gasteiger partial charge in [0.1, 0.15) is 12.4 Å². The number of fused-ring (bicyclic) bond motifs is 1. The van der Waals surface area contributed by atoms with Crippen LogP contribution >= 0.6 is 0 Å². The van der Waals surface area contributed by atoms with E-state index in [1.165, 1.54) is 0 Å². The van der Waals surface area contributed by atoms with Crippen molar-refractivity contribution in [3.63, 3.8) is 0 Å². The van der Waals surface area contributed by atoms with Crippen LogP contribution in [0.5, 0.6) is 5.75 Å². The van der Waals surface area contributed by atoms with Gasteiger partial charge in [-0.05, 0) is 31.4 Å². The van der Waals surface area contributed by atoms with Gasteiger partial charge in [-0.3, -0.25) is 0 Å². The Morgan fingerprint density at radius 2 is 1.86 bits per heavy atom. The molecule has 5 heteroatoms. The highest BCUT2D eigenvalue weighted by Crippen LogP contribution is 2.28. The zero-order chi connectivity index (χ0) is 15.2. The molecule has 2 rings (SSSR count). The Labute approximate surface area is 124 Å². The number of nitrogens with two attached hydrogens (primary N) is 1. The lowest BCUT2D eigenvalue weighted by Crippen LogP contribution is -2.14. The van der Waals surface area contributed by atoms with E-state index in [2.05, 4.69) is 5.16 Å². The second-order valence-corrected chi connectivity index (χ2v) is 4.91. The topological polar surface area (TPSA) is 77.1 Å². The van der Waals surface area contributed by atoms with Gasteiger partial charge >= 0.3 is 0 Å². The molecule has 3 N–H and O–H groups in total. The summed E-state index contributed by atoms with van der Waals surface area (Å²) in [4.78, 5) is 0. The van der Waals surface area contributed by atoms with Crippen LogP contribution in [-0.2, 0) is 4.74 Å². The molecular formula is C16H20N2O3. The largest absolute Gasteiger partial charge is 0.491 e. The number of rotatable bonds is 6. The van der Waals surface area contributed by atoms with Gasteiger partial charge in [0.15, 0.2) is 5.84 Å². The number of benzene rings is 2. The third kappa shape index (κ3) is 3.64. The van der Waals surface area contributed by atoms with Crippen molar-refractivity contribution in [3.8, 4) is 5.75 Å². The molecule has 0 spiro atoms. The minimum absolute atomic E-state index is 0.0842. The van der Waals surface area contributed by atoms with Crippen LogP contribution in [-0.4, -0.2) is 30.4 Å². The van der Waals surface area contributed by atoms with Crippen LogP contribution in [0.2, 0.25) is 0 Å². The predicted molar refractivity (Wildman–Crippen MR) is 83.0 cm³/mol. The molecule has 0 atom stereocenters. The van der Waals surface area contributed by atoms with E-state index in [-0.39, 0.29) is 11.9 Å². The van der Waals surface area contributed by atoms with Crippen molar-refractivity contribution in [3.05, 3.63) is 42.0 Å². The summed E-state index contributed by atoms with van der Waals surface area (Å²) < 4.78 is 11.2. The van der Waals surface area contributed by atoms with Crippen molar-refractivity contribution in [1.29, 1.82) is 0 Å². The third-order valence-corrected chi connectivity index (χ3v) is 3.06. The Morgan fingerprint density at radius 3 is 2.52 bits per heavy atom. The molecule has 2 aromatic rings. The predicted octanol–water partition coefficient (Wildman–Crippen LogP) is 2.74. The van der Waals surface area contributed by atoms with E-state index in [0.717, 1.165) is 16.5 Å². The average molecular weight is 288 g/mol. The van der Waals surface area contributed by atoms with Crippen molar-refractivity contribution in [2.75, 3.05) is 13.2 Å². The molecule has 0 saturated carbocycles. The van der Waals surface area contributed by atoms with Crippen molar-refractivity contribution in [1.82, 2.24) is 0 Å². The van der Waals surface area contributed by atoms with Crippen LogP contribution < -0.4 is 10.5 Å². The Bertz CT molecular complexity index is 638. The first-order valence-corrected chi connectivity index (χ1v) is 6.87. The van der Waals surface area contributed by atoms with Gasteiger partial charge in [0.2, 0.25) is 0 Å². The molecule has 0 bridgehead atoms. The number of oxime groups is 1. The number of hydrogen-bond donors (Lipinski definition) is 2. The average Bonchev–Trinajstić information content (AvgIpc) is 2.50. The number of hydrogen-bond acceptors (Lipinski definition) is 4. The summed E-state index contributed by atoms with van der Waals surface area (Å²) in [5.41, 5.74) is 6.38. The van der Waals surface area contributed by atoms with Crippen molar-refractivity contribution in [2.45, 2.75) is 20.0 Å². The van der Waals surface area contributed by atoms with Gasteiger partial charge in [-0.15, -0.1) is 0 Å². The molecule has 0 unspecified atom stereocenters. The molecule has 0 aromatic heterocycles. The Balaban J connectivity index is 2.26. The maximum atomic E-state index is 8.86. The van der Waals surface area contributed by atoms with Gasteiger partial charge in [-0.1, -0.05) is 29.4 Å². The monoisotopic (exact) mass is 288 g/mol. The summed E-state index contributed by atoms with van der Waals surface area (Å²) >= 11 is 0. The highest BCUT2D eigenvalue weighted by molar-refractivity contribution is 6.10. The summed E-state index contributed by atoms with van der Waals surface area (Å²) in [7, 11) is 0. The maximum Gasteiger partial charge on any atom is 0.170 e. The summed E-state index contributed by atoms with van der Waals surface area (Å²) in [6, 6.07) is 11.3. The SMILES string of the molecule is CC(C)OCCOc1ccc(/C(N)=N/O)c2ccccc12. The Kier molecular flexibility index (Phi) is 5.00. The molecule has 0 amide bonds. The molecule has 2 aromatic carbocycles. The van der Waals surface area contributed by atoms with E-state index < -0.39 is 0 Å². The molecular weight excluding hydrogens is 268 g/mol. The summed E-state index contributed by atoms with van der Waals surface area (Å²) in [5.74, 6) is 0.841. The van der Waals surface area contributed by atoms with Gasteiger partial charge in [0.25, 0.3) is 0 Å². The zero-order valence-corrected chi connectivity index (χ0v) is 12.2. The fourth-order valence-corrected chi connectivity index (χ4v) is 2.11. The highest BCUT2D eigenvalue weighted by atomic mass is 16.5. The van der Waals surface area contributed by atoms with Gasteiger partial charge in [0, 0.05) is 10.9 Å². The first-order chi connectivity index (χ1) is 10.1. The van der Waals surface area contributed by atoms with E-state index in [1.807, 2.05) is 44.2 Å². The first-order valence-electron chi connectivity index (χ1n) is 6.87. The van der Waals surface area contributed by atoms with Crippen LogP contribution in [0.25, 0.3) is 10.8 Å². The van der Waals surface area contributed by atoms with Crippen LogP contribution in [0.4, 0.5) is 0 Å². The lowest BCUT2D eigenvalue weighted by molar-refractivity contribution is 0.0556. The van der Waals surface area contributed by atoms with Crippen molar-refractivity contribution >= 4 is 16.6 Å². The Hall–Kier alpha value is -2.27. The minimum Gasteiger partial charge on any atom is -0.491 e. The molecule has 0 saturated heterocycles. The highest BCUT2D eigenvalue weighted by Gasteiger charge is 2.09. The number of amidine groups is 1. The molecule has 0 aliphatic rings. The van der Waals surface area contributed by atoms with E-state index in [0.29, 0.717) is 18.8 Å². The normalized spacial score (nSPS) is 12.0. The molecule has 21 heavy (non-hydrogen) atoms. The lowest BCUT2D eigenvalue weighted by atomic mass is 10.0. The smallest absolute Gasteiger partial charge is 0.170 e. The van der Waals surface area contributed by atoms with Gasteiger partial charge in [0.05, 0.1) is 12.7 Å². The first kappa shape index (κ1) is 15.1. The molecule has 112 valence electrons. The van der Waals surface area contributed by atoms with Gasteiger partial charge in [-0.25, -0.2) is 0 Å². The summed E-state index contributed by atoms with van der Waals surface area (Å²) in [5, 5.41) is 13.7. The minimum atomic E-state index is 0.0842. The van der Waals surface area contributed by atoms with E-state index in [1.54, 1.807) is 6.07 Å². The second-order valence-electron chi connectivity index (χ2n) is 4.91. The lowest BCUT2D eigenvalue weighted by Gasteiger charge is -2.13. The van der Waals surface area contributed by atoms with Crippen LogP contribution in [0.3, 0.4) is 0 Å². The second kappa shape index (κ2) is 6.95. The van der Waals surface area contributed by atoms with Crippen LogP contribution in [0, 0.1) is 0 Å². The molecule has 5 nitrogen and oxygen atoms in total. The molecule has 0 heterocycles. The van der Waals surface area contributed by atoms with E-state index in [4.69, 9.17) is 20.4 Å². The number of nitrogens with zero attached hydrogens (tertiary/aromatic N) is 1. The molecule has 0 aliphatic carbocycles. The zero-order valence-electron chi connectivity index (χ0n) is 12.2. The van der Waals surface area contributed by atoms with Crippen LogP contribution in [0.1, 0.15) is 19.4 Å². The third-order valence-electron chi connectivity index (χ3n) is 3.06. The quantitative estimate of drug-likeness (QED) is 0.282. The van der Waals surface area contributed by atoms with Crippen molar-refractivity contribution in [2.24, 2.45) is 10.9 Å².